The van der Waals surface area contributed by atoms with Crippen LogP contribution in [-0.4, -0.2) is 10.7 Å². The third-order valence-corrected chi connectivity index (χ3v) is 8.15. The summed E-state index contributed by atoms with van der Waals surface area (Å²) in [4.78, 5) is 27.1. The van der Waals surface area contributed by atoms with E-state index < -0.39 is 16.3 Å². The molecule has 1 aliphatic heterocycles. The van der Waals surface area contributed by atoms with Crippen LogP contribution in [0, 0.1) is 47.6 Å². The number of benzene rings is 3. The van der Waals surface area contributed by atoms with Gasteiger partial charge in [-0.3, -0.25) is 19.8 Å². The SMILES string of the molecule is Cc1ccc(OCc2cc(C3C(C#N)=C(N)N(c4ccccc4[N+](=O)[O-])C4=C3C(=O)CC(C)(C)C4)c(C)cc2C)cc1. The molecule has 0 fully saturated rings. The van der Waals surface area contributed by atoms with Crippen LogP contribution in [-0.2, 0) is 11.4 Å². The monoisotopic (exact) mass is 562 g/mol. The second-order valence-electron chi connectivity index (χ2n) is 12.0. The Hall–Kier alpha value is -4.90. The van der Waals surface area contributed by atoms with E-state index in [1.54, 1.807) is 23.1 Å². The number of hydrogen-bond donors (Lipinski definition) is 1. The number of ketones is 1. The molecule has 3 aromatic carbocycles. The second-order valence-corrected chi connectivity index (χ2v) is 12.0. The van der Waals surface area contributed by atoms with Gasteiger partial charge in [0.2, 0.25) is 0 Å². The summed E-state index contributed by atoms with van der Waals surface area (Å²) < 4.78 is 6.10. The molecule has 5 rings (SSSR count). The summed E-state index contributed by atoms with van der Waals surface area (Å²) in [6, 6.07) is 20.4. The van der Waals surface area contributed by atoms with Crippen molar-refractivity contribution < 1.29 is 14.5 Å². The maximum absolute atomic E-state index is 14.0. The number of para-hydroxylation sites is 2. The maximum atomic E-state index is 14.0. The highest BCUT2D eigenvalue weighted by Crippen LogP contribution is 2.51. The molecule has 0 bridgehead atoms. The Kier molecular flexibility index (Phi) is 7.38. The van der Waals surface area contributed by atoms with Gasteiger partial charge in [-0.2, -0.15) is 5.26 Å². The Morgan fingerprint density at radius 1 is 1.07 bits per heavy atom. The van der Waals surface area contributed by atoms with Crippen molar-refractivity contribution in [1.82, 2.24) is 0 Å². The third kappa shape index (κ3) is 5.14. The van der Waals surface area contributed by atoms with E-state index >= 15 is 0 Å². The van der Waals surface area contributed by atoms with Crippen molar-refractivity contribution in [3.63, 3.8) is 0 Å². The van der Waals surface area contributed by atoms with Crippen LogP contribution in [0.25, 0.3) is 0 Å². The van der Waals surface area contributed by atoms with Crippen LogP contribution < -0.4 is 15.4 Å². The largest absolute Gasteiger partial charge is 0.489 e. The molecular formula is C34H34N4O4. The molecule has 2 aliphatic rings. The van der Waals surface area contributed by atoms with Crippen molar-refractivity contribution >= 4 is 17.2 Å². The Balaban J connectivity index is 1.69. The van der Waals surface area contributed by atoms with E-state index in [4.69, 9.17) is 10.5 Å². The lowest BCUT2D eigenvalue weighted by atomic mass is 9.68. The van der Waals surface area contributed by atoms with Crippen LogP contribution in [0.3, 0.4) is 0 Å². The maximum Gasteiger partial charge on any atom is 0.293 e. The van der Waals surface area contributed by atoms with Gasteiger partial charge in [0, 0.05) is 23.8 Å². The molecule has 2 N–H and O–H groups in total. The summed E-state index contributed by atoms with van der Waals surface area (Å²) in [5, 5.41) is 22.5. The van der Waals surface area contributed by atoms with Crippen LogP contribution in [0.1, 0.15) is 60.4 Å². The van der Waals surface area contributed by atoms with E-state index in [2.05, 4.69) is 6.07 Å². The first-order valence-electron chi connectivity index (χ1n) is 13.9. The second kappa shape index (κ2) is 10.8. The number of nitrogens with two attached hydrogens (primary N) is 1. The van der Waals surface area contributed by atoms with Gasteiger partial charge in [0.1, 0.15) is 23.9 Å². The zero-order valence-corrected chi connectivity index (χ0v) is 24.5. The minimum atomic E-state index is -0.702. The number of nitriles is 1. The first kappa shape index (κ1) is 28.6. The summed E-state index contributed by atoms with van der Waals surface area (Å²) in [7, 11) is 0. The predicted molar refractivity (Wildman–Crippen MR) is 162 cm³/mol. The lowest BCUT2D eigenvalue weighted by Gasteiger charge is -2.43. The van der Waals surface area contributed by atoms with Gasteiger partial charge < -0.3 is 10.5 Å². The van der Waals surface area contributed by atoms with E-state index in [0.717, 1.165) is 33.6 Å². The normalized spacial score (nSPS) is 18.0. The molecule has 8 heteroatoms. The van der Waals surface area contributed by atoms with Gasteiger partial charge >= 0.3 is 0 Å². The number of nitro groups is 1. The molecule has 0 aromatic heterocycles. The topological polar surface area (TPSA) is 122 Å². The molecule has 0 spiro atoms. The minimum absolute atomic E-state index is 0.0903. The fourth-order valence-electron chi connectivity index (χ4n) is 6.08. The van der Waals surface area contributed by atoms with Gasteiger partial charge in [0.05, 0.1) is 22.5 Å². The summed E-state index contributed by atoms with van der Waals surface area (Å²) in [6.45, 7) is 10.3. The molecule has 1 aliphatic carbocycles. The van der Waals surface area contributed by atoms with Gasteiger partial charge in [-0.05, 0) is 73.1 Å². The van der Waals surface area contributed by atoms with Crippen LogP contribution in [0.4, 0.5) is 11.4 Å². The Morgan fingerprint density at radius 2 is 1.76 bits per heavy atom. The van der Waals surface area contributed by atoms with E-state index in [1.165, 1.54) is 6.07 Å². The van der Waals surface area contributed by atoms with E-state index in [-0.39, 0.29) is 28.6 Å². The van der Waals surface area contributed by atoms with Crippen molar-refractivity contribution in [1.29, 1.82) is 5.26 Å². The van der Waals surface area contributed by atoms with E-state index in [0.29, 0.717) is 30.7 Å². The number of Topliss-reactive ketones (excluding diaryl/α,β-unsaturated/α-hetero) is 1. The first-order chi connectivity index (χ1) is 19.9. The number of allylic oxidation sites excluding steroid dienone is 3. The number of ether oxygens (including phenoxy) is 1. The molecule has 214 valence electrons. The number of nitrogens with zero attached hydrogens (tertiary/aromatic N) is 3. The van der Waals surface area contributed by atoms with E-state index in [1.807, 2.05) is 71.0 Å². The van der Waals surface area contributed by atoms with Crippen LogP contribution in [0.15, 0.2) is 83.3 Å². The minimum Gasteiger partial charge on any atom is -0.489 e. The summed E-state index contributed by atoms with van der Waals surface area (Å²) in [5.74, 6) is 0.0498. The van der Waals surface area contributed by atoms with Crippen LogP contribution >= 0.6 is 0 Å². The Labute approximate surface area is 245 Å². The summed E-state index contributed by atoms with van der Waals surface area (Å²) in [6.07, 6.45) is 0.754. The number of rotatable bonds is 6. The highest BCUT2D eigenvalue weighted by molar-refractivity contribution is 6.02. The molecule has 0 saturated carbocycles. The fourth-order valence-corrected chi connectivity index (χ4v) is 6.08. The molecule has 8 nitrogen and oxygen atoms in total. The number of carbonyl (C=O) groups is 1. The molecule has 0 saturated heterocycles. The molecular weight excluding hydrogens is 528 g/mol. The average molecular weight is 563 g/mol. The molecule has 42 heavy (non-hydrogen) atoms. The highest BCUT2D eigenvalue weighted by atomic mass is 16.6. The number of anilines is 1. The number of carbonyl (C=O) groups excluding carboxylic acids is 1. The van der Waals surface area contributed by atoms with Gasteiger partial charge in [-0.15, -0.1) is 0 Å². The zero-order chi connectivity index (χ0) is 30.3. The molecule has 1 heterocycles. The predicted octanol–water partition coefficient (Wildman–Crippen LogP) is 7.04. The Morgan fingerprint density at radius 3 is 2.43 bits per heavy atom. The van der Waals surface area contributed by atoms with E-state index in [9.17, 15) is 20.2 Å². The van der Waals surface area contributed by atoms with Crippen LogP contribution in [0.2, 0.25) is 0 Å². The van der Waals surface area contributed by atoms with Crippen molar-refractivity contribution in [2.75, 3.05) is 4.90 Å². The summed E-state index contributed by atoms with van der Waals surface area (Å²) in [5.41, 5.74) is 12.5. The van der Waals surface area contributed by atoms with Crippen molar-refractivity contribution in [2.24, 2.45) is 11.1 Å². The van der Waals surface area contributed by atoms with Crippen molar-refractivity contribution in [3.05, 3.63) is 121 Å². The molecule has 3 aromatic rings. The molecule has 0 radical (unpaired) electrons. The first-order valence-corrected chi connectivity index (χ1v) is 13.9. The van der Waals surface area contributed by atoms with Gasteiger partial charge in [0.25, 0.3) is 5.69 Å². The van der Waals surface area contributed by atoms with Gasteiger partial charge in [-0.25, -0.2) is 0 Å². The lowest BCUT2D eigenvalue weighted by Crippen LogP contribution is -2.42. The quantitative estimate of drug-likeness (QED) is 0.252. The summed E-state index contributed by atoms with van der Waals surface area (Å²) >= 11 is 0. The smallest absolute Gasteiger partial charge is 0.293 e. The van der Waals surface area contributed by atoms with Gasteiger partial charge in [-0.1, -0.05) is 55.8 Å². The zero-order valence-electron chi connectivity index (χ0n) is 24.5. The number of aryl methyl sites for hydroxylation is 3. The molecule has 1 atom stereocenters. The molecule has 1 unspecified atom stereocenters. The Bertz CT molecular complexity index is 1710. The van der Waals surface area contributed by atoms with Crippen molar-refractivity contribution in [3.8, 4) is 11.8 Å². The molecule has 0 amide bonds. The lowest BCUT2D eigenvalue weighted by molar-refractivity contribution is -0.384. The number of nitro benzene ring substituents is 1. The van der Waals surface area contributed by atoms with Crippen molar-refractivity contribution in [2.45, 2.75) is 60.0 Å². The number of hydrogen-bond acceptors (Lipinski definition) is 7. The highest BCUT2D eigenvalue weighted by Gasteiger charge is 2.46. The fraction of sp³-hybridized carbons (Fsp3) is 0.294. The van der Waals surface area contributed by atoms with Crippen LogP contribution in [0.5, 0.6) is 5.75 Å². The third-order valence-electron chi connectivity index (χ3n) is 8.15. The van der Waals surface area contributed by atoms with Gasteiger partial charge in [0.15, 0.2) is 5.78 Å². The average Bonchev–Trinajstić information content (AvgIpc) is 2.92. The standard InChI is InChI=1S/C34H34N4O4/c1-20-10-12-24(13-11-20)42-19-23-15-25(22(3)14-21(23)2)31-26(18-35)33(36)37(27-8-6-7-9-28(27)38(40)41)29-16-34(4,5)17-30(39)32(29)31/h6-15,31H,16-17,19,36H2,1-5H3.